The van der Waals surface area contributed by atoms with Crippen LogP contribution >= 0.6 is 0 Å². The quantitative estimate of drug-likeness (QED) is 0.788. The van der Waals surface area contributed by atoms with Crippen molar-refractivity contribution < 1.29 is 0 Å². The number of anilines is 1. The van der Waals surface area contributed by atoms with Crippen LogP contribution in [0.2, 0.25) is 0 Å². The summed E-state index contributed by atoms with van der Waals surface area (Å²) in [6, 6.07) is 8.24. The molecule has 0 saturated heterocycles. The highest BCUT2D eigenvalue weighted by molar-refractivity contribution is 5.95. The van der Waals surface area contributed by atoms with Crippen molar-refractivity contribution in [2.24, 2.45) is 0 Å². The molecule has 0 aliphatic rings. The van der Waals surface area contributed by atoms with Gasteiger partial charge in [0, 0.05) is 35.5 Å². The molecule has 3 aromatic rings. The molecule has 4 nitrogen and oxygen atoms in total. The number of nitrogens with zero attached hydrogens (tertiary/aromatic N) is 3. The number of fused-ring (bicyclic) bond motifs is 1. The van der Waals surface area contributed by atoms with Crippen LogP contribution in [0.5, 0.6) is 0 Å². The molecule has 0 bridgehead atoms. The molecule has 0 saturated carbocycles. The van der Waals surface area contributed by atoms with Gasteiger partial charge in [-0.05, 0) is 18.7 Å². The molecular formula is C17H18N4. The number of hydrogen-bond acceptors (Lipinski definition) is 4. The third kappa shape index (κ3) is 2.57. The summed E-state index contributed by atoms with van der Waals surface area (Å²) in [5.41, 5.74) is 3.05. The molecule has 2 aromatic heterocycles. The van der Waals surface area contributed by atoms with Crippen LogP contribution in [-0.2, 0) is 0 Å². The number of pyridine rings is 1. The van der Waals surface area contributed by atoms with Gasteiger partial charge in [-0.1, -0.05) is 31.2 Å². The van der Waals surface area contributed by atoms with E-state index < -0.39 is 0 Å². The van der Waals surface area contributed by atoms with E-state index in [0.29, 0.717) is 0 Å². The molecule has 0 unspecified atom stereocenters. The van der Waals surface area contributed by atoms with E-state index in [4.69, 9.17) is 0 Å². The Balaban J connectivity index is 2.15. The second-order valence-electron chi connectivity index (χ2n) is 5.03. The van der Waals surface area contributed by atoms with Gasteiger partial charge in [0.1, 0.15) is 12.1 Å². The molecule has 0 fully saturated rings. The number of nitrogens with one attached hydrogen (secondary N) is 1. The maximum atomic E-state index is 4.48. The average Bonchev–Trinajstić information content (AvgIpc) is 2.53. The molecule has 3 rings (SSSR count). The highest BCUT2D eigenvalue weighted by atomic mass is 15.0. The van der Waals surface area contributed by atoms with Crippen LogP contribution in [-0.4, -0.2) is 21.5 Å². The van der Waals surface area contributed by atoms with Gasteiger partial charge in [-0.15, -0.1) is 0 Å². The van der Waals surface area contributed by atoms with Crippen LogP contribution in [0, 0.1) is 6.92 Å². The second-order valence-corrected chi connectivity index (χ2v) is 5.03. The number of aromatic nitrogens is 3. The minimum absolute atomic E-state index is 0.898. The Kier molecular flexibility index (Phi) is 3.77. The lowest BCUT2D eigenvalue weighted by Gasteiger charge is -2.12. The van der Waals surface area contributed by atoms with Crippen molar-refractivity contribution in [3.05, 3.63) is 48.5 Å². The van der Waals surface area contributed by atoms with Crippen LogP contribution in [0.15, 0.2) is 43.0 Å². The Morgan fingerprint density at radius 2 is 1.95 bits per heavy atom. The van der Waals surface area contributed by atoms with Gasteiger partial charge in [-0.2, -0.15) is 0 Å². The van der Waals surface area contributed by atoms with Gasteiger partial charge < -0.3 is 5.32 Å². The molecule has 1 aromatic carbocycles. The van der Waals surface area contributed by atoms with Gasteiger partial charge in [0.25, 0.3) is 0 Å². The van der Waals surface area contributed by atoms with E-state index in [2.05, 4.69) is 46.2 Å². The molecule has 0 spiro atoms. The lowest BCUT2D eigenvalue weighted by molar-refractivity contribution is 0.960. The van der Waals surface area contributed by atoms with E-state index in [0.717, 1.165) is 46.4 Å². The van der Waals surface area contributed by atoms with E-state index in [1.54, 1.807) is 6.33 Å². The predicted octanol–water partition coefficient (Wildman–Crippen LogP) is 3.82. The fourth-order valence-electron chi connectivity index (χ4n) is 2.45. The summed E-state index contributed by atoms with van der Waals surface area (Å²) in [6.45, 7) is 5.10. The third-order valence-corrected chi connectivity index (χ3v) is 3.55. The van der Waals surface area contributed by atoms with Crippen LogP contribution in [0.3, 0.4) is 0 Å². The van der Waals surface area contributed by atoms with Gasteiger partial charge in [0.2, 0.25) is 0 Å². The van der Waals surface area contributed by atoms with Crippen LogP contribution in [0.4, 0.5) is 5.82 Å². The Morgan fingerprint density at radius 1 is 1.10 bits per heavy atom. The zero-order chi connectivity index (χ0) is 14.7. The summed E-state index contributed by atoms with van der Waals surface area (Å²) in [7, 11) is 0. The lowest BCUT2D eigenvalue weighted by atomic mass is 10.0. The highest BCUT2D eigenvalue weighted by Crippen LogP contribution is 2.30. The maximum absolute atomic E-state index is 4.48. The summed E-state index contributed by atoms with van der Waals surface area (Å²) >= 11 is 0. The van der Waals surface area contributed by atoms with E-state index >= 15 is 0 Å². The minimum Gasteiger partial charge on any atom is -0.370 e. The topological polar surface area (TPSA) is 50.7 Å². The molecule has 0 atom stereocenters. The van der Waals surface area contributed by atoms with Crippen molar-refractivity contribution in [2.75, 3.05) is 11.9 Å². The Bertz CT molecular complexity index is 762. The molecule has 4 heteroatoms. The SMILES string of the molecule is CCCNc1ncnc(-c2cncc3ccccc23)c1C. The Hall–Kier alpha value is -2.49. The molecule has 0 aliphatic heterocycles. The van der Waals surface area contributed by atoms with Crippen LogP contribution < -0.4 is 5.32 Å². The van der Waals surface area contributed by atoms with Gasteiger partial charge in [-0.25, -0.2) is 9.97 Å². The number of rotatable bonds is 4. The molecule has 106 valence electrons. The summed E-state index contributed by atoms with van der Waals surface area (Å²) in [4.78, 5) is 13.2. The summed E-state index contributed by atoms with van der Waals surface area (Å²) in [5, 5.41) is 5.63. The monoisotopic (exact) mass is 278 g/mol. The zero-order valence-electron chi connectivity index (χ0n) is 12.3. The van der Waals surface area contributed by atoms with Gasteiger partial charge in [-0.3, -0.25) is 4.98 Å². The standard InChI is InChI=1S/C17H18N4/c1-3-8-19-17-12(2)16(20-11-21-17)15-10-18-9-13-6-4-5-7-14(13)15/h4-7,9-11H,3,8H2,1-2H3,(H,19,20,21). The fourth-order valence-corrected chi connectivity index (χ4v) is 2.45. The van der Waals surface area contributed by atoms with Crippen molar-refractivity contribution in [3.63, 3.8) is 0 Å². The van der Waals surface area contributed by atoms with Gasteiger partial charge >= 0.3 is 0 Å². The first-order valence-corrected chi connectivity index (χ1v) is 7.20. The minimum atomic E-state index is 0.898. The van der Waals surface area contributed by atoms with Crippen molar-refractivity contribution in [3.8, 4) is 11.3 Å². The molecule has 1 N–H and O–H groups in total. The highest BCUT2D eigenvalue weighted by Gasteiger charge is 2.11. The summed E-state index contributed by atoms with van der Waals surface area (Å²) in [5.74, 6) is 0.898. The predicted molar refractivity (Wildman–Crippen MR) is 86.3 cm³/mol. The maximum Gasteiger partial charge on any atom is 0.132 e. The summed E-state index contributed by atoms with van der Waals surface area (Å²) in [6.07, 6.45) is 6.43. The van der Waals surface area contributed by atoms with E-state index in [9.17, 15) is 0 Å². The first-order valence-electron chi connectivity index (χ1n) is 7.20. The first-order chi connectivity index (χ1) is 10.3. The molecule has 21 heavy (non-hydrogen) atoms. The van der Waals surface area contributed by atoms with Crippen molar-refractivity contribution >= 4 is 16.6 Å². The summed E-state index contributed by atoms with van der Waals surface area (Å²) < 4.78 is 0. The fraction of sp³-hybridized carbons (Fsp3) is 0.235. The third-order valence-electron chi connectivity index (χ3n) is 3.55. The van der Waals surface area contributed by atoms with Crippen molar-refractivity contribution in [1.82, 2.24) is 15.0 Å². The molecular weight excluding hydrogens is 260 g/mol. The molecule has 2 heterocycles. The molecule has 0 radical (unpaired) electrons. The largest absolute Gasteiger partial charge is 0.370 e. The van der Waals surface area contributed by atoms with Crippen LogP contribution in [0.25, 0.3) is 22.0 Å². The van der Waals surface area contributed by atoms with Gasteiger partial charge in [0.15, 0.2) is 0 Å². The number of benzene rings is 1. The van der Waals surface area contributed by atoms with E-state index in [1.807, 2.05) is 24.5 Å². The van der Waals surface area contributed by atoms with Crippen molar-refractivity contribution in [2.45, 2.75) is 20.3 Å². The Labute approximate surface area is 124 Å². The van der Waals surface area contributed by atoms with Crippen molar-refractivity contribution in [1.29, 1.82) is 0 Å². The Morgan fingerprint density at radius 3 is 2.81 bits per heavy atom. The van der Waals surface area contributed by atoms with E-state index in [-0.39, 0.29) is 0 Å². The normalized spacial score (nSPS) is 10.8. The van der Waals surface area contributed by atoms with Crippen LogP contribution in [0.1, 0.15) is 18.9 Å². The second kappa shape index (κ2) is 5.87. The molecule has 0 aliphatic carbocycles. The lowest BCUT2D eigenvalue weighted by Crippen LogP contribution is -2.05. The van der Waals surface area contributed by atoms with Gasteiger partial charge in [0.05, 0.1) is 5.69 Å². The number of hydrogen-bond donors (Lipinski definition) is 1. The first kappa shape index (κ1) is 13.5. The smallest absolute Gasteiger partial charge is 0.132 e. The zero-order valence-corrected chi connectivity index (χ0v) is 12.3. The molecule has 0 amide bonds. The van der Waals surface area contributed by atoms with E-state index in [1.165, 1.54) is 0 Å². The average molecular weight is 278 g/mol.